The van der Waals surface area contributed by atoms with Crippen LogP contribution in [0.5, 0.6) is 0 Å². The lowest BCUT2D eigenvalue weighted by Crippen LogP contribution is -2.36. The minimum absolute atomic E-state index is 0.0356. The summed E-state index contributed by atoms with van der Waals surface area (Å²) in [6, 6.07) is 0.133. The number of H-pyrrole nitrogens is 1. The Labute approximate surface area is 146 Å². The van der Waals surface area contributed by atoms with Gasteiger partial charge in [0.15, 0.2) is 0 Å². The molecule has 2 atom stereocenters. The Bertz CT molecular complexity index is 677. The van der Waals surface area contributed by atoms with Gasteiger partial charge in [-0.1, -0.05) is 13.8 Å². The van der Waals surface area contributed by atoms with Crippen molar-refractivity contribution in [3.8, 4) is 0 Å². The van der Waals surface area contributed by atoms with Crippen LogP contribution in [-0.4, -0.2) is 33.6 Å². The van der Waals surface area contributed by atoms with E-state index < -0.39 is 0 Å². The molecule has 1 saturated heterocycles. The second-order valence-electron chi connectivity index (χ2n) is 7.81. The van der Waals surface area contributed by atoms with Gasteiger partial charge in [-0.25, -0.2) is 0 Å². The first-order valence-corrected chi connectivity index (χ1v) is 9.71. The number of aromatic amines is 1. The normalized spacial score (nSPS) is 26.8. The number of ether oxygens (including phenoxy) is 1. The summed E-state index contributed by atoms with van der Waals surface area (Å²) in [5.74, 6) is 1.49. The molecule has 3 heterocycles. The standard InChI is InChI=1S/C17H27N3O3S/c1-10(2)7-12-14-15(18-13(21)9-24-12)20(19-16(14)22)11-5-6-23-17(3,4)8-11/h10-12H,5-9H2,1-4H3,(H,18,21)(H,19,22)/t11-,12+/m1/s1. The molecule has 7 heteroatoms. The number of fused-ring (bicyclic) bond motifs is 1. The summed E-state index contributed by atoms with van der Waals surface area (Å²) in [4.78, 5) is 24.8. The predicted octanol–water partition coefficient (Wildman–Crippen LogP) is 3.08. The van der Waals surface area contributed by atoms with Gasteiger partial charge in [-0.3, -0.25) is 19.4 Å². The van der Waals surface area contributed by atoms with Crippen molar-refractivity contribution in [2.45, 2.75) is 63.9 Å². The van der Waals surface area contributed by atoms with E-state index >= 15 is 0 Å². The van der Waals surface area contributed by atoms with Crippen molar-refractivity contribution in [1.82, 2.24) is 9.78 Å². The highest BCUT2D eigenvalue weighted by Crippen LogP contribution is 2.41. The third-order valence-electron chi connectivity index (χ3n) is 4.68. The van der Waals surface area contributed by atoms with Gasteiger partial charge in [0.2, 0.25) is 5.91 Å². The quantitative estimate of drug-likeness (QED) is 0.875. The molecule has 0 aromatic carbocycles. The average molecular weight is 353 g/mol. The summed E-state index contributed by atoms with van der Waals surface area (Å²) in [7, 11) is 0. The number of nitrogens with zero attached hydrogens (tertiary/aromatic N) is 1. The van der Waals surface area contributed by atoms with Crippen LogP contribution in [-0.2, 0) is 9.53 Å². The Morgan fingerprint density at radius 2 is 2.12 bits per heavy atom. The summed E-state index contributed by atoms with van der Waals surface area (Å²) >= 11 is 1.57. The maximum Gasteiger partial charge on any atom is 0.270 e. The van der Waals surface area contributed by atoms with E-state index in [0.717, 1.165) is 24.8 Å². The number of amides is 1. The van der Waals surface area contributed by atoms with Crippen molar-refractivity contribution >= 4 is 23.5 Å². The van der Waals surface area contributed by atoms with Crippen LogP contribution >= 0.6 is 11.8 Å². The lowest BCUT2D eigenvalue weighted by Gasteiger charge is -2.36. The molecule has 2 aliphatic rings. The molecule has 0 bridgehead atoms. The molecule has 1 fully saturated rings. The van der Waals surface area contributed by atoms with E-state index in [1.54, 1.807) is 11.8 Å². The lowest BCUT2D eigenvalue weighted by atomic mass is 9.94. The number of aromatic nitrogens is 2. The predicted molar refractivity (Wildman–Crippen MR) is 96.6 cm³/mol. The molecule has 0 aliphatic carbocycles. The molecule has 3 rings (SSSR count). The van der Waals surface area contributed by atoms with E-state index in [9.17, 15) is 9.59 Å². The van der Waals surface area contributed by atoms with Gasteiger partial charge >= 0.3 is 0 Å². The van der Waals surface area contributed by atoms with Crippen molar-refractivity contribution < 1.29 is 9.53 Å². The van der Waals surface area contributed by atoms with Crippen LogP contribution in [0.3, 0.4) is 0 Å². The summed E-state index contributed by atoms with van der Waals surface area (Å²) in [6.45, 7) is 9.08. The fourth-order valence-electron chi connectivity index (χ4n) is 3.62. The van der Waals surface area contributed by atoms with Crippen molar-refractivity contribution in [2.75, 3.05) is 17.7 Å². The molecule has 0 unspecified atom stereocenters. The van der Waals surface area contributed by atoms with Gasteiger partial charge < -0.3 is 10.1 Å². The molecular formula is C17H27N3O3S. The molecule has 1 aromatic rings. The number of nitrogens with one attached hydrogen (secondary N) is 2. The molecule has 134 valence electrons. The zero-order chi connectivity index (χ0) is 17.5. The molecule has 1 aromatic heterocycles. The van der Waals surface area contributed by atoms with Crippen LogP contribution < -0.4 is 10.9 Å². The molecule has 2 N–H and O–H groups in total. The molecular weight excluding hydrogens is 326 g/mol. The van der Waals surface area contributed by atoms with Gasteiger partial charge in [0, 0.05) is 11.9 Å². The number of carbonyl (C=O) groups excluding carboxylic acids is 1. The minimum Gasteiger partial charge on any atom is -0.375 e. The van der Waals surface area contributed by atoms with Crippen LogP contribution in [0.15, 0.2) is 4.79 Å². The molecule has 24 heavy (non-hydrogen) atoms. The Kier molecular flexibility index (Phi) is 4.84. The number of hydrogen-bond acceptors (Lipinski definition) is 4. The van der Waals surface area contributed by atoms with Crippen LogP contribution in [0.25, 0.3) is 0 Å². The Morgan fingerprint density at radius 1 is 1.38 bits per heavy atom. The highest BCUT2D eigenvalue weighted by Gasteiger charge is 2.35. The monoisotopic (exact) mass is 353 g/mol. The molecule has 0 saturated carbocycles. The Morgan fingerprint density at radius 3 is 2.79 bits per heavy atom. The average Bonchev–Trinajstić information content (AvgIpc) is 2.69. The largest absolute Gasteiger partial charge is 0.375 e. The Balaban J connectivity index is 2.01. The lowest BCUT2D eigenvalue weighted by molar-refractivity contribution is -0.113. The van der Waals surface area contributed by atoms with Gasteiger partial charge in [-0.2, -0.15) is 0 Å². The van der Waals surface area contributed by atoms with Gasteiger partial charge in [-0.05, 0) is 39.0 Å². The topological polar surface area (TPSA) is 76.1 Å². The molecule has 2 aliphatic heterocycles. The first-order valence-electron chi connectivity index (χ1n) is 8.66. The smallest absolute Gasteiger partial charge is 0.270 e. The van der Waals surface area contributed by atoms with Gasteiger partial charge in [0.1, 0.15) is 5.82 Å². The van der Waals surface area contributed by atoms with Gasteiger partial charge in [0.05, 0.1) is 23.0 Å². The van der Waals surface area contributed by atoms with Crippen molar-refractivity contribution in [3.05, 3.63) is 15.9 Å². The highest BCUT2D eigenvalue weighted by molar-refractivity contribution is 8.00. The van der Waals surface area contributed by atoms with Gasteiger partial charge in [0.25, 0.3) is 5.56 Å². The highest BCUT2D eigenvalue weighted by atomic mass is 32.2. The maximum atomic E-state index is 12.7. The van der Waals surface area contributed by atoms with E-state index in [2.05, 4.69) is 38.1 Å². The second-order valence-corrected chi connectivity index (χ2v) is 9.00. The van der Waals surface area contributed by atoms with E-state index in [1.807, 2.05) is 4.68 Å². The van der Waals surface area contributed by atoms with Crippen LogP contribution in [0.2, 0.25) is 0 Å². The van der Waals surface area contributed by atoms with E-state index in [-0.39, 0.29) is 28.4 Å². The van der Waals surface area contributed by atoms with Crippen molar-refractivity contribution in [2.24, 2.45) is 5.92 Å². The summed E-state index contributed by atoms with van der Waals surface area (Å²) in [5.41, 5.74) is 0.427. The van der Waals surface area contributed by atoms with E-state index in [0.29, 0.717) is 24.1 Å². The van der Waals surface area contributed by atoms with Crippen LogP contribution in [0.4, 0.5) is 5.82 Å². The number of hydrogen-bond donors (Lipinski definition) is 2. The molecule has 6 nitrogen and oxygen atoms in total. The first kappa shape index (κ1) is 17.6. The summed E-state index contributed by atoms with van der Waals surface area (Å²) < 4.78 is 7.68. The first-order chi connectivity index (χ1) is 11.3. The SMILES string of the molecule is CC(C)C[C@@H]1SCC(=O)Nc2c1c(=O)[nH]n2[C@@H]1CCOC(C)(C)C1. The van der Waals surface area contributed by atoms with Crippen LogP contribution in [0.1, 0.15) is 63.8 Å². The second kappa shape index (κ2) is 6.59. The minimum atomic E-state index is -0.224. The zero-order valence-corrected chi connectivity index (χ0v) is 15.7. The van der Waals surface area contributed by atoms with Gasteiger partial charge in [-0.15, -0.1) is 11.8 Å². The molecule has 0 radical (unpaired) electrons. The van der Waals surface area contributed by atoms with Crippen LogP contribution in [0, 0.1) is 5.92 Å². The number of thioether (sulfide) groups is 1. The summed E-state index contributed by atoms with van der Waals surface area (Å²) in [6.07, 6.45) is 2.53. The fourth-order valence-corrected chi connectivity index (χ4v) is 4.96. The maximum absolute atomic E-state index is 12.7. The Hall–Kier alpha value is -1.21. The van der Waals surface area contributed by atoms with E-state index in [1.165, 1.54) is 0 Å². The number of anilines is 1. The molecule has 1 amide bonds. The zero-order valence-electron chi connectivity index (χ0n) is 14.8. The fraction of sp³-hybridized carbons (Fsp3) is 0.765. The third-order valence-corrected chi connectivity index (χ3v) is 5.94. The van der Waals surface area contributed by atoms with Crippen molar-refractivity contribution in [3.63, 3.8) is 0 Å². The number of carbonyl (C=O) groups is 1. The number of rotatable bonds is 3. The van der Waals surface area contributed by atoms with E-state index in [4.69, 9.17) is 4.74 Å². The summed E-state index contributed by atoms with van der Waals surface area (Å²) in [5, 5.41) is 6.02. The third kappa shape index (κ3) is 3.57. The molecule has 0 spiro atoms. The van der Waals surface area contributed by atoms with Crippen molar-refractivity contribution in [1.29, 1.82) is 0 Å².